The Morgan fingerprint density at radius 3 is 2.41 bits per heavy atom. The SMILES string of the molecule is CC(C)CCN(C)[C@@H]1CCN(C(C)C)C[C@H]1F. The molecule has 1 aliphatic rings. The van der Waals surface area contributed by atoms with Gasteiger partial charge in [0.1, 0.15) is 6.17 Å². The molecule has 1 aliphatic heterocycles. The highest BCUT2D eigenvalue weighted by molar-refractivity contribution is 4.87. The molecule has 0 unspecified atom stereocenters. The lowest BCUT2D eigenvalue weighted by Crippen LogP contribution is -2.53. The van der Waals surface area contributed by atoms with Crippen LogP contribution >= 0.6 is 0 Å². The molecule has 3 heteroatoms. The van der Waals surface area contributed by atoms with Crippen molar-refractivity contribution in [3.8, 4) is 0 Å². The summed E-state index contributed by atoms with van der Waals surface area (Å²) >= 11 is 0. The van der Waals surface area contributed by atoms with Crippen LogP contribution in [0.5, 0.6) is 0 Å². The van der Waals surface area contributed by atoms with Gasteiger partial charge in [-0.3, -0.25) is 4.90 Å². The molecule has 0 saturated carbocycles. The number of alkyl halides is 1. The molecular formula is C14H29FN2. The molecule has 17 heavy (non-hydrogen) atoms. The first kappa shape index (κ1) is 14.9. The van der Waals surface area contributed by atoms with Crippen LogP contribution in [0.25, 0.3) is 0 Å². The van der Waals surface area contributed by atoms with Crippen LogP contribution in [0.4, 0.5) is 4.39 Å². The van der Waals surface area contributed by atoms with Crippen LogP contribution in [0.1, 0.15) is 40.5 Å². The van der Waals surface area contributed by atoms with Crippen molar-refractivity contribution in [2.75, 3.05) is 26.7 Å². The summed E-state index contributed by atoms with van der Waals surface area (Å²) in [6.45, 7) is 11.4. The van der Waals surface area contributed by atoms with Gasteiger partial charge in [0, 0.05) is 25.2 Å². The zero-order valence-electron chi connectivity index (χ0n) is 12.1. The largest absolute Gasteiger partial charge is 0.300 e. The van der Waals surface area contributed by atoms with Gasteiger partial charge in [-0.15, -0.1) is 0 Å². The highest BCUT2D eigenvalue weighted by atomic mass is 19.1. The molecule has 0 N–H and O–H groups in total. The number of hydrogen-bond donors (Lipinski definition) is 0. The molecule has 0 spiro atoms. The molecule has 0 aliphatic carbocycles. The summed E-state index contributed by atoms with van der Waals surface area (Å²) < 4.78 is 14.1. The Hall–Kier alpha value is -0.150. The second-order valence-corrected chi connectivity index (χ2v) is 6.12. The van der Waals surface area contributed by atoms with E-state index >= 15 is 0 Å². The van der Waals surface area contributed by atoms with Crippen molar-refractivity contribution in [3.63, 3.8) is 0 Å². The van der Waals surface area contributed by atoms with Crippen LogP contribution in [0.3, 0.4) is 0 Å². The number of hydrogen-bond acceptors (Lipinski definition) is 2. The van der Waals surface area contributed by atoms with Crippen LogP contribution in [-0.2, 0) is 0 Å². The van der Waals surface area contributed by atoms with E-state index in [1.54, 1.807) is 0 Å². The molecule has 0 bridgehead atoms. The second-order valence-electron chi connectivity index (χ2n) is 6.12. The third kappa shape index (κ3) is 4.55. The van der Waals surface area contributed by atoms with Crippen LogP contribution in [0, 0.1) is 5.92 Å². The van der Waals surface area contributed by atoms with Crippen LogP contribution < -0.4 is 0 Å². The fourth-order valence-electron chi connectivity index (χ4n) is 2.51. The van der Waals surface area contributed by atoms with E-state index in [0.29, 0.717) is 18.5 Å². The normalized spacial score (nSPS) is 27.4. The monoisotopic (exact) mass is 244 g/mol. The number of rotatable bonds is 5. The minimum absolute atomic E-state index is 0.128. The van der Waals surface area contributed by atoms with Crippen molar-refractivity contribution in [3.05, 3.63) is 0 Å². The Balaban J connectivity index is 2.40. The summed E-state index contributed by atoms with van der Waals surface area (Å²) in [5.41, 5.74) is 0. The fraction of sp³-hybridized carbons (Fsp3) is 1.00. The van der Waals surface area contributed by atoms with Gasteiger partial charge in [0.05, 0.1) is 0 Å². The van der Waals surface area contributed by atoms with E-state index in [2.05, 4.69) is 44.5 Å². The summed E-state index contributed by atoms with van der Waals surface area (Å²) in [6, 6.07) is 0.596. The summed E-state index contributed by atoms with van der Waals surface area (Å²) in [7, 11) is 2.07. The molecule has 2 atom stereocenters. The van der Waals surface area contributed by atoms with Gasteiger partial charge in [0.15, 0.2) is 0 Å². The lowest BCUT2D eigenvalue weighted by molar-refractivity contribution is 0.0321. The van der Waals surface area contributed by atoms with E-state index in [-0.39, 0.29) is 6.04 Å². The molecule has 102 valence electrons. The average molecular weight is 244 g/mol. The number of nitrogens with zero attached hydrogens (tertiary/aromatic N) is 2. The predicted octanol–water partition coefficient (Wildman–Crippen LogP) is 2.79. The Bertz CT molecular complexity index is 214. The highest BCUT2D eigenvalue weighted by Gasteiger charge is 2.32. The molecule has 0 radical (unpaired) electrons. The highest BCUT2D eigenvalue weighted by Crippen LogP contribution is 2.21. The molecule has 0 amide bonds. The molecule has 1 heterocycles. The average Bonchev–Trinajstić information content (AvgIpc) is 2.25. The van der Waals surface area contributed by atoms with Gasteiger partial charge in [-0.05, 0) is 46.2 Å². The molecular weight excluding hydrogens is 215 g/mol. The summed E-state index contributed by atoms with van der Waals surface area (Å²) in [5.74, 6) is 0.700. The van der Waals surface area contributed by atoms with Gasteiger partial charge in [-0.1, -0.05) is 13.8 Å². The predicted molar refractivity (Wildman–Crippen MR) is 72.1 cm³/mol. The Morgan fingerprint density at radius 2 is 1.94 bits per heavy atom. The molecule has 1 rings (SSSR count). The van der Waals surface area contributed by atoms with Crippen molar-refractivity contribution in [2.24, 2.45) is 5.92 Å². The van der Waals surface area contributed by atoms with Crippen molar-refractivity contribution >= 4 is 0 Å². The lowest BCUT2D eigenvalue weighted by Gasteiger charge is -2.41. The lowest BCUT2D eigenvalue weighted by atomic mass is 9.99. The van der Waals surface area contributed by atoms with Crippen molar-refractivity contribution in [2.45, 2.75) is 58.8 Å². The maximum Gasteiger partial charge on any atom is 0.128 e. The smallest absolute Gasteiger partial charge is 0.128 e. The zero-order chi connectivity index (χ0) is 13.0. The molecule has 1 fully saturated rings. The van der Waals surface area contributed by atoms with E-state index in [0.717, 1.165) is 25.9 Å². The summed E-state index contributed by atoms with van der Waals surface area (Å²) in [5, 5.41) is 0. The molecule has 1 saturated heterocycles. The van der Waals surface area contributed by atoms with Crippen LogP contribution in [-0.4, -0.2) is 54.7 Å². The number of likely N-dealkylation sites (tertiary alicyclic amines) is 1. The van der Waals surface area contributed by atoms with E-state index in [1.807, 2.05) is 0 Å². The maximum absolute atomic E-state index is 14.1. The fourth-order valence-corrected chi connectivity index (χ4v) is 2.51. The standard InChI is InChI=1S/C14H29FN2/c1-11(2)6-8-16(5)14-7-9-17(12(3)4)10-13(14)15/h11-14H,6-10H2,1-5H3/t13-,14-/m1/s1. The van der Waals surface area contributed by atoms with E-state index in [4.69, 9.17) is 0 Å². The van der Waals surface area contributed by atoms with Gasteiger partial charge >= 0.3 is 0 Å². The zero-order valence-corrected chi connectivity index (χ0v) is 12.1. The first-order valence-corrected chi connectivity index (χ1v) is 7.00. The van der Waals surface area contributed by atoms with E-state index in [1.165, 1.54) is 0 Å². The molecule has 0 aromatic rings. The topological polar surface area (TPSA) is 6.48 Å². The van der Waals surface area contributed by atoms with Gasteiger partial charge in [0.25, 0.3) is 0 Å². The Kier molecular flexibility index (Phi) is 5.87. The number of halogens is 1. The quantitative estimate of drug-likeness (QED) is 0.734. The Morgan fingerprint density at radius 1 is 1.29 bits per heavy atom. The van der Waals surface area contributed by atoms with Crippen molar-refractivity contribution in [1.82, 2.24) is 9.80 Å². The van der Waals surface area contributed by atoms with Gasteiger partial charge in [0.2, 0.25) is 0 Å². The second kappa shape index (κ2) is 6.69. The van der Waals surface area contributed by atoms with E-state index < -0.39 is 6.17 Å². The van der Waals surface area contributed by atoms with Crippen LogP contribution in [0.15, 0.2) is 0 Å². The van der Waals surface area contributed by atoms with Crippen LogP contribution in [0.2, 0.25) is 0 Å². The molecule has 2 nitrogen and oxygen atoms in total. The Labute approximate surface area is 106 Å². The van der Waals surface area contributed by atoms with Crippen molar-refractivity contribution in [1.29, 1.82) is 0 Å². The van der Waals surface area contributed by atoms with E-state index in [9.17, 15) is 4.39 Å². The minimum Gasteiger partial charge on any atom is -0.300 e. The molecule has 0 aromatic carbocycles. The van der Waals surface area contributed by atoms with Gasteiger partial charge in [-0.2, -0.15) is 0 Å². The van der Waals surface area contributed by atoms with Crippen molar-refractivity contribution < 1.29 is 4.39 Å². The first-order chi connectivity index (χ1) is 7.91. The molecule has 0 aromatic heterocycles. The first-order valence-electron chi connectivity index (χ1n) is 7.00. The van der Waals surface area contributed by atoms with Gasteiger partial charge < -0.3 is 4.90 Å². The summed E-state index contributed by atoms with van der Waals surface area (Å²) in [4.78, 5) is 4.47. The third-order valence-corrected chi connectivity index (χ3v) is 3.89. The minimum atomic E-state index is -0.691. The summed E-state index contributed by atoms with van der Waals surface area (Å²) in [6.07, 6.45) is 1.44. The third-order valence-electron chi connectivity index (χ3n) is 3.89. The maximum atomic E-state index is 14.1. The van der Waals surface area contributed by atoms with Gasteiger partial charge in [-0.25, -0.2) is 4.39 Å². The number of piperidine rings is 1.